The molecular formula is C9H17NO. The lowest BCUT2D eigenvalue weighted by atomic mass is 10.2. The van der Waals surface area contributed by atoms with Crippen LogP contribution >= 0.6 is 0 Å². The standard InChI is InChI=1S/C9H17NO/c1-3-4-5-6-7-9(8-11)10-2/h7-8,10H,3-6H2,1-2H3/b9-7-. The van der Waals surface area contributed by atoms with Gasteiger partial charge in [0.2, 0.25) is 0 Å². The minimum Gasteiger partial charge on any atom is -0.386 e. The fourth-order valence-corrected chi connectivity index (χ4v) is 0.861. The van der Waals surface area contributed by atoms with Gasteiger partial charge >= 0.3 is 0 Å². The van der Waals surface area contributed by atoms with Gasteiger partial charge in [-0.15, -0.1) is 0 Å². The molecule has 0 aromatic heterocycles. The lowest BCUT2D eigenvalue weighted by Gasteiger charge is -1.96. The molecule has 2 heteroatoms. The highest BCUT2D eigenvalue weighted by atomic mass is 16.1. The van der Waals surface area contributed by atoms with E-state index >= 15 is 0 Å². The van der Waals surface area contributed by atoms with Gasteiger partial charge in [-0.1, -0.05) is 25.8 Å². The molecule has 1 N–H and O–H groups in total. The van der Waals surface area contributed by atoms with Crippen LogP contribution in [0.3, 0.4) is 0 Å². The molecule has 0 aromatic carbocycles. The maximum absolute atomic E-state index is 10.3. The Labute approximate surface area is 68.7 Å². The number of rotatable bonds is 6. The van der Waals surface area contributed by atoms with Gasteiger partial charge in [-0.05, 0) is 12.8 Å². The summed E-state index contributed by atoms with van der Waals surface area (Å²) in [6.45, 7) is 2.17. The second-order valence-electron chi connectivity index (χ2n) is 2.52. The maximum atomic E-state index is 10.3. The molecule has 0 aliphatic rings. The molecule has 0 saturated heterocycles. The number of aldehydes is 1. The largest absolute Gasteiger partial charge is 0.386 e. The van der Waals surface area contributed by atoms with Crippen molar-refractivity contribution >= 4 is 6.29 Å². The molecule has 64 valence electrons. The Hall–Kier alpha value is -0.790. The molecule has 0 aliphatic heterocycles. The smallest absolute Gasteiger partial charge is 0.165 e. The van der Waals surface area contributed by atoms with Crippen LogP contribution < -0.4 is 5.32 Å². The van der Waals surface area contributed by atoms with Crippen LogP contribution in [-0.4, -0.2) is 13.3 Å². The van der Waals surface area contributed by atoms with E-state index in [0.29, 0.717) is 5.70 Å². The Morgan fingerprint density at radius 1 is 1.45 bits per heavy atom. The van der Waals surface area contributed by atoms with Gasteiger partial charge in [0.05, 0.1) is 5.70 Å². The topological polar surface area (TPSA) is 29.1 Å². The predicted molar refractivity (Wildman–Crippen MR) is 47.3 cm³/mol. The van der Waals surface area contributed by atoms with Gasteiger partial charge < -0.3 is 5.32 Å². The van der Waals surface area contributed by atoms with Crippen LogP contribution in [0.2, 0.25) is 0 Å². The molecule has 0 heterocycles. The van der Waals surface area contributed by atoms with E-state index in [0.717, 1.165) is 12.7 Å². The molecule has 11 heavy (non-hydrogen) atoms. The fourth-order valence-electron chi connectivity index (χ4n) is 0.861. The van der Waals surface area contributed by atoms with E-state index in [4.69, 9.17) is 0 Å². The second-order valence-corrected chi connectivity index (χ2v) is 2.52. The Morgan fingerprint density at radius 3 is 2.64 bits per heavy atom. The van der Waals surface area contributed by atoms with Crippen molar-refractivity contribution in [2.45, 2.75) is 32.6 Å². The van der Waals surface area contributed by atoms with E-state index in [2.05, 4.69) is 12.2 Å². The van der Waals surface area contributed by atoms with Crippen LogP contribution in [0.4, 0.5) is 0 Å². The number of unbranched alkanes of at least 4 members (excludes halogenated alkanes) is 3. The molecule has 0 spiro atoms. The van der Waals surface area contributed by atoms with Crippen LogP contribution in [0.1, 0.15) is 32.6 Å². The summed E-state index contributed by atoms with van der Waals surface area (Å²) < 4.78 is 0. The summed E-state index contributed by atoms with van der Waals surface area (Å²) in [5, 5.41) is 2.82. The monoisotopic (exact) mass is 155 g/mol. The van der Waals surface area contributed by atoms with Crippen LogP contribution in [0.5, 0.6) is 0 Å². The van der Waals surface area contributed by atoms with Gasteiger partial charge in [0.1, 0.15) is 0 Å². The van der Waals surface area contributed by atoms with Crippen LogP contribution in [0.15, 0.2) is 11.8 Å². The van der Waals surface area contributed by atoms with Crippen molar-refractivity contribution < 1.29 is 4.79 Å². The van der Waals surface area contributed by atoms with Crippen molar-refractivity contribution in [2.75, 3.05) is 7.05 Å². The third-order valence-electron chi connectivity index (χ3n) is 1.59. The van der Waals surface area contributed by atoms with E-state index in [1.807, 2.05) is 6.08 Å². The molecule has 0 radical (unpaired) electrons. The summed E-state index contributed by atoms with van der Waals surface area (Å²) in [7, 11) is 1.76. The zero-order valence-electron chi connectivity index (χ0n) is 7.39. The van der Waals surface area contributed by atoms with Crippen molar-refractivity contribution in [3.63, 3.8) is 0 Å². The third-order valence-corrected chi connectivity index (χ3v) is 1.59. The Bertz CT molecular complexity index is 130. The van der Waals surface area contributed by atoms with Gasteiger partial charge in [-0.2, -0.15) is 0 Å². The van der Waals surface area contributed by atoms with Crippen molar-refractivity contribution in [2.24, 2.45) is 0 Å². The highest BCUT2D eigenvalue weighted by Crippen LogP contribution is 2.00. The number of carbonyl (C=O) groups is 1. The quantitative estimate of drug-likeness (QED) is 0.360. The average molecular weight is 155 g/mol. The molecule has 0 fully saturated rings. The summed E-state index contributed by atoms with van der Waals surface area (Å²) >= 11 is 0. The predicted octanol–water partition coefficient (Wildman–Crippen LogP) is 1.87. The van der Waals surface area contributed by atoms with Gasteiger partial charge in [0, 0.05) is 7.05 Å². The minimum atomic E-state index is 0.695. The van der Waals surface area contributed by atoms with Crippen molar-refractivity contribution in [1.82, 2.24) is 5.32 Å². The van der Waals surface area contributed by atoms with E-state index in [-0.39, 0.29) is 0 Å². The summed E-state index contributed by atoms with van der Waals surface area (Å²) in [6, 6.07) is 0. The van der Waals surface area contributed by atoms with Crippen molar-refractivity contribution in [3.05, 3.63) is 11.8 Å². The lowest BCUT2D eigenvalue weighted by molar-refractivity contribution is -0.105. The van der Waals surface area contributed by atoms with E-state index < -0.39 is 0 Å². The van der Waals surface area contributed by atoms with Crippen LogP contribution in [-0.2, 0) is 4.79 Å². The Kier molecular flexibility index (Phi) is 6.79. The summed E-state index contributed by atoms with van der Waals surface area (Å²) in [6.07, 6.45) is 7.45. The molecule has 0 bridgehead atoms. The first-order valence-corrected chi connectivity index (χ1v) is 4.18. The first-order valence-electron chi connectivity index (χ1n) is 4.18. The molecule has 2 nitrogen and oxygen atoms in total. The lowest BCUT2D eigenvalue weighted by Crippen LogP contribution is -2.06. The number of hydrogen-bond donors (Lipinski definition) is 1. The Morgan fingerprint density at radius 2 is 2.18 bits per heavy atom. The molecule has 0 rings (SSSR count). The molecule has 0 aliphatic carbocycles. The first-order chi connectivity index (χ1) is 5.35. The number of hydrogen-bond acceptors (Lipinski definition) is 2. The van der Waals surface area contributed by atoms with Gasteiger partial charge in [-0.25, -0.2) is 0 Å². The highest BCUT2D eigenvalue weighted by Gasteiger charge is 1.88. The zero-order chi connectivity index (χ0) is 8.53. The Balaban J connectivity index is 3.44. The molecular weight excluding hydrogens is 138 g/mol. The summed E-state index contributed by atoms with van der Waals surface area (Å²) in [4.78, 5) is 10.3. The van der Waals surface area contributed by atoms with E-state index in [1.54, 1.807) is 7.05 Å². The molecule has 0 aromatic rings. The fraction of sp³-hybridized carbons (Fsp3) is 0.667. The van der Waals surface area contributed by atoms with E-state index in [9.17, 15) is 4.79 Å². The number of allylic oxidation sites excluding steroid dienone is 2. The summed E-state index contributed by atoms with van der Waals surface area (Å²) in [5.74, 6) is 0. The highest BCUT2D eigenvalue weighted by molar-refractivity contribution is 5.71. The minimum absolute atomic E-state index is 0.695. The van der Waals surface area contributed by atoms with Crippen LogP contribution in [0.25, 0.3) is 0 Å². The van der Waals surface area contributed by atoms with E-state index in [1.165, 1.54) is 19.3 Å². The first kappa shape index (κ1) is 10.2. The SMILES string of the molecule is CCCCC/C=C(/C=O)NC. The maximum Gasteiger partial charge on any atom is 0.165 e. The molecule has 0 unspecified atom stereocenters. The molecule has 0 saturated carbocycles. The van der Waals surface area contributed by atoms with Crippen molar-refractivity contribution in [3.8, 4) is 0 Å². The number of likely N-dealkylation sites (N-methyl/N-ethyl adjacent to an activating group) is 1. The molecule has 0 amide bonds. The average Bonchev–Trinajstić information content (AvgIpc) is 2.05. The number of carbonyl (C=O) groups excluding carboxylic acids is 1. The normalized spacial score (nSPS) is 11.3. The van der Waals surface area contributed by atoms with Gasteiger partial charge in [0.25, 0.3) is 0 Å². The zero-order valence-corrected chi connectivity index (χ0v) is 7.39. The van der Waals surface area contributed by atoms with Gasteiger partial charge in [0.15, 0.2) is 6.29 Å². The second kappa shape index (κ2) is 7.32. The van der Waals surface area contributed by atoms with Gasteiger partial charge in [-0.3, -0.25) is 4.79 Å². The summed E-state index contributed by atoms with van der Waals surface area (Å²) in [5.41, 5.74) is 0.695. The number of nitrogens with one attached hydrogen (secondary N) is 1. The van der Waals surface area contributed by atoms with Crippen LogP contribution in [0, 0.1) is 0 Å². The van der Waals surface area contributed by atoms with Crippen molar-refractivity contribution in [1.29, 1.82) is 0 Å². The third kappa shape index (κ3) is 5.64. The molecule has 0 atom stereocenters.